The first-order valence-corrected chi connectivity index (χ1v) is 5.10. The molecule has 0 radical (unpaired) electrons. The highest BCUT2D eigenvalue weighted by molar-refractivity contribution is 5.33. The maximum Gasteiger partial charge on any atom is 0.121 e. The van der Waals surface area contributed by atoms with Gasteiger partial charge < -0.3 is 9.84 Å². The molecular formula is C12H18O2. The van der Waals surface area contributed by atoms with Gasteiger partial charge in [-0.3, -0.25) is 0 Å². The molecule has 1 N–H and O–H groups in total. The molecule has 0 aromatic heterocycles. The van der Waals surface area contributed by atoms with E-state index in [9.17, 15) is 5.11 Å². The molecule has 2 nitrogen and oxygen atoms in total. The average molecular weight is 194 g/mol. The summed E-state index contributed by atoms with van der Waals surface area (Å²) in [7, 11) is 1.69. The van der Waals surface area contributed by atoms with Gasteiger partial charge in [0.25, 0.3) is 0 Å². The van der Waals surface area contributed by atoms with Gasteiger partial charge in [-0.25, -0.2) is 0 Å². The van der Waals surface area contributed by atoms with Gasteiger partial charge in [-0.15, -0.1) is 0 Å². The number of methoxy groups -OCH3 is 1. The first-order valence-electron chi connectivity index (χ1n) is 5.10. The SMILES string of the molecule is CCCCC(OC)c1ccccc1O. The molecule has 2 heteroatoms. The normalized spacial score (nSPS) is 12.7. The largest absolute Gasteiger partial charge is 0.508 e. The van der Waals surface area contributed by atoms with E-state index in [4.69, 9.17) is 4.74 Å². The molecule has 1 aromatic carbocycles. The van der Waals surface area contributed by atoms with Gasteiger partial charge in [0.2, 0.25) is 0 Å². The van der Waals surface area contributed by atoms with E-state index >= 15 is 0 Å². The van der Waals surface area contributed by atoms with Gasteiger partial charge in [0.15, 0.2) is 0 Å². The molecule has 78 valence electrons. The number of benzene rings is 1. The van der Waals surface area contributed by atoms with E-state index in [2.05, 4.69) is 6.92 Å². The van der Waals surface area contributed by atoms with E-state index in [-0.39, 0.29) is 6.10 Å². The van der Waals surface area contributed by atoms with Gasteiger partial charge in [0.1, 0.15) is 5.75 Å². The Kier molecular flexibility index (Phi) is 4.47. The zero-order valence-electron chi connectivity index (χ0n) is 8.86. The molecule has 0 fully saturated rings. The van der Waals surface area contributed by atoms with Crippen LogP contribution in [0.3, 0.4) is 0 Å². The summed E-state index contributed by atoms with van der Waals surface area (Å²) in [5, 5.41) is 9.63. The summed E-state index contributed by atoms with van der Waals surface area (Å²) < 4.78 is 5.36. The Labute approximate surface area is 85.5 Å². The first kappa shape index (κ1) is 11.1. The quantitative estimate of drug-likeness (QED) is 0.779. The van der Waals surface area contributed by atoms with E-state index in [1.54, 1.807) is 13.2 Å². The lowest BCUT2D eigenvalue weighted by atomic mass is 10.0. The van der Waals surface area contributed by atoms with Crippen LogP contribution >= 0.6 is 0 Å². The number of ether oxygens (including phenoxy) is 1. The van der Waals surface area contributed by atoms with E-state index in [0.717, 1.165) is 24.8 Å². The lowest BCUT2D eigenvalue weighted by Crippen LogP contribution is -2.01. The molecule has 0 aliphatic heterocycles. The molecule has 0 saturated carbocycles. The van der Waals surface area contributed by atoms with E-state index in [0.29, 0.717) is 5.75 Å². The number of phenols is 1. The fourth-order valence-electron chi connectivity index (χ4n) is 1.55. The molecule has 0 aliphatic rings. The summed E-state index contributed by atoms with van der Waals surface area (Å²) in [6.45, 7) is 2.15. The van der Waals surface area contributed by atoms with Gasteiger partial charge in [-0.2, -0.15) is 0 Å². The molecule has 0 heterocycles. The predicted octanol–water partition coefficient (Wildman–Crippen LogP) is 3.27. The molecule has 1 unspecified atom stereocenters. The molecule has 0 saturated heterocycles. The maximum absolute atomic E-state index is 9.63. The second kappa shape index (κ2) is 5.66. The summed E-state index contributed by atoms with van der Waals surface area (Å²) >= 11 is 0. The molecule has 0 bridgehead atoms. The van der Waals surface area contributed by atoms with Crippen LogP contribution in [0.5, 0.6) is 5.75 Å². The minimum Gasteiger partial charge on any atom is -0.508 e. The molecule has 0 aliphatic carbocycles. The Bertz CT molecular complexity index is 271. The Morgan fingerprint density at radius 1 is 1.36 bits per heavy atom. The van der Waals surface area contributed by atoms with Crippen molar-refractivity contribution in [2.75, 3.05) is 7.11 Å². The lowest BCUT2D eigenvalue weighted by molar-refractivity contribution is 0.0914. The standard InChI is InChI=1S/C12H18O2/c1-3-4-9-12(14-2)10-7-5-6-8-11(10)13/h5-8,12-13H,3-4,9H2,1-2H3. The third kappa shape index (κ3) is 2.74. The first-order chi connectivity index (χ1) is 6.79. The monoisotopic (exact) mass is 194 g/mol. The van der Waals surface area contributed by atoms with Crippen LogP contribution in [0, 0.1) is 0 Å². The van der Waals surface area contributed by atoms with Crippen molar-refractivity contribution in [3.8, 4) is 5.75 Å². The minimum atomic E-state index is 0.0242. The Morgan fingerprint density at radius 3 is 2.64 bits per heavy atom. The fraction of sp³-hybridized carbons (Fsp3) is 0.500. The van der Waals surface area contributed by atoms with Crippen LogP contribution in [0.25, 0.3) is 0 Å². The van der Waals surface area contributed by atoms with Crippen LogP contribution in [0.4, 0.5) is 0 Å². The Morgan fingerprint density at radius 2 is 2.07 bits per heavy atom. The van der Waals surface area contributed by atoms with Crippen molar-refractivity contribution in [3.05, 3.63) is 29.8 Å². The lowest BCUT2D eigenvalue weighted by Gasteiger charge is -2.16. The molecule has 1 rings (SSSR count). The van der Waals surface area contributed by atoms with Crippen molar-refractivity contribution in [2.45, 2.75) is 32.3 Å². The highest BCUT2D eigenvalue weighted by Gasteiger charge is 2.12. The molecular weight excluding hydrogens is 176 g/mol. The Hall–Kier alpha value is -1.02. The number of rotatable bonds is 5. The van der Waals surface area contributed by atoms with E-state index in [1.807, 2.05) is 18.2 Å². The fourth-order valence-corrected chi connectivity index (χ4v) is 1.55. The number of hydrogen-bond acceptors (Lipinski definition) is 2. The van der Waals surface area contributed by atoms with Crippen LogP contribution in [0.1, 0.15) is 37.9 Å². The minimum absolute atomic E-state index is 0.0242. The molecule has 14 heavy (non-hydrogen) atoms. The van der Waals surface area contributed by atoms with Crippen molar-refractivity contribution >= 4 is 0 Å². The van der Waals surface area contributed by atoms with Crippen molar-refractivity contribution in [2.24, 2.45) is 0 Å². The van der Waals surface area contributed by atoms with Gasteiger partial charge in [0.05, 0.1) is 6.10 Å². The van der Waals surface area contributed by atoms with Gasteiger partial charge >= 0.3 is 0 Å². The summed E-state index contributed by atoms with van der Waals surface area (Å²) in [4.78, 5) is 0. The third-order valence-electron chi connectivity index (χ3n) is 2.39. The second-order valence-electron chi connectivity index (χ2n) is 3.43. The number of phenolic OH excluding ortho intramolecular Hbond substituents is 1. The Balaban J connectivity index is 2.73. The van der Waals surface area contributed by atoms with Crippen LogP contribution in [0.2, 0.25) is 0 Å². The molecule has 0 spiro atoms. The van der Waals surface area contributed by atoms with Crippen LogP contribution in [-0.4, -0.2) is 12.2 Å². The van der Waals surface area contributed by atoms with Crippen molar-refractivity contribution < 1.29 is 9.84 Å². The molecule has 1 atom stereocenters. The summed E-state index contributed by atoms with van der Waals surface area (Å²) in [6, 6.07) is 7.37. The zero-order valence-corrected chi connectivity index (χ0v) is 8.86. The predicted molar refractivity (Wildman–Crippen MR) is 57.4 cm³/mol. The molecule has 1 aromatic rings. The highest BCUT2D eigenvalue weighted by Crippen LogP contribution is 2.29. The van der Waals surface area contributed by atoms with E-state index in [1.165, 1.54) is 0 Å². The number of hydrogen-bond donors (Lipinski definition) is 1. The smallest absolute Gasteiger partial charge is 0.121 e. The average Bonchev–Trinajstić information content (AvgIpc) is 2.21. The highest BCUT2D eigenvalue weighted by atomic mass is 16.5. The number of aromatic hydroxyl groups is 1. The maximum atomic E-state index is 9.63. The number of para-hydroxylation sites is 1. The molecule has 0 amide bonds. The van der Waals surface area contributed by atoms with Crippen molar-refractivity contribution in [3.63, 3.8) is 0 Å². The van der Waals surface area contributed by atoms with E-state index < -0.39 is 0 Å². The van der Waals surface area contributed by atoms with Crippen LogP contribution in [0.15, 0.2) is 24.3 Å². The summed E-state index contributed by atoms with van der Waals surface area (Å²) in [6.07, 6.45) is 3.25. The van der Waals surface area contributed by atoms with Crippen LogP contribution in [-0.2, 0) is 4.74 Å². The topological polar surface area (TPSA) is 29.5 Å². The zero-order chi connectivity index (χ0) is 10.4. The summed E-state index contributed by atoms with van der Waals surface area (Å²) in [5.74, 6) is 0.329. The van der Waals surface area contributed by atoms with Crippen molar-refractivity contribution in [1.82, 2.24) is 0 Å². The van der Waals surface area contributed by atoms with Gasteiger partial charge in [-0.05, 0) is 12.5 Å². The number of unbranched alkanes of at least 4 members (excludes halogenated alkanes) is 1. The van der Waals surface area contributed by atoms with Gasteiger partial charge in [-0.1, -0.05) is 38.0 Å². The second-order valence-corrected chi connectivity index (χ2v) is 3.43. The van der Waals surface area contributed by atoms with Gasteiger partial charge in [0, 0.05) is 12.7 Å². The third-order valence-corrected chi connectivity index (χ3v) is 2.39. The summed E-state index contributed by atoms with van der Waals surface area (Å²) in [5.41, 5.74) is 0.892. The van der Waals surface area contributed by atoms with Crippen LogP contribution < -0.4 is 0 Å². The van der Waals surface area contributed by atoms with Crippen molar-refractivity contribution in [1.29, 1.82) is 0 Å².